The van der Waals surface area contributed by atoms with Crippen molar-refractivity contribution < 1.29 is 37.8 Å². The zero-order valence-electron chi connectivity index (χ0n) is 53.3. The van der Waals surface area contributed by atoms with Gasteiger partial charge in [0.05, 0.1) is 0 Å². The number of rotatable bonds is 7. The van der Waals surface area contributed by atoms with E-state index < -0.39 is 65.8 Å². The van der Waals surface area contributed by atoms with Gasteiger partial charge in [0.15, 0.2) is 0 Å². The molecule has 1 aliphatic carbocycles. The number of nitrogens with zero attached hydrogens (tertiary/aromatic N) is 4. The zero-order valence-corrected chi connectivity index (χ0v) is 45.6. The number of ether oxygens (including phenoxy) is 1. The van der Waals surface area contributed by atoms with Gasteiger partial charge in [-0.3, -0.25) is 0 Å². The number of fused-ring (bicyclic) bond motifs is 6. The van der Waals surface area contributed by atoms with E-state index in [1.807, 2.05) is 86.1 Å². The van der Waals surface area contributed by atoms with Gasteiger partial charge in [0.1, 0.15) is 0 Å². The van der Waals surface area contributed by atoms with E-state index in [1.54, 1.807) is 0 Å². The number of pyridine rings is 1. The van der Waals surface area contributed by atoms with Crippen LogP contribution < -0.4 is 4.74 Å². The molecule has 5 nitrogen and oxygen atoms in total. The predicted molar refractivity (Wildman–Crippen MR) is 297 cm³/mol. The Morgan fingerprint density at radius 2 is 1.15 bits per heavy atom. The summed E-state index contributed by atoms with van der Waals surface area (Å²) in [5.41, 5.74) is 8.63. The van der Waals surface area contributed by atoms with E-state index in [1.165, 1.54) is 11.1 Å². The first-order valence-electron chi connectivity index (χ1n) is 29.6. The van der Waals surface area contributed by atoms with Crippen molar-refractivity contribution in [1.29, 1.82) is 0 Å². The Balaban J connectivity index is 1.19. The Morgan fingerprint density at radius 1 is 0.569 bits per heavy atom. The number of aryl methyl sites for hydroxylation is 1. The molecule has 0 unspecified atom stereocenters. The van der Waals surface area contributed by atoms with Crippen LogP contribution in [0.3, 0.4) is 0 Å². The molecular weight excluding hydrogens is 1060 g/mol. The van der Waals surface area contributed by atoms with Crippen molar-refractivity contribution in [3.05, 3.63) is 195 Å². The van der Waals surface area contributed by atoms with Crippen LogP contribution in [0.5, 0.6) is 11.5 Å². The second-order valence-electron chi connectivity index (χ2n) is 23.1. The first kappa shape index (κ1) is 37.2. The van der Waals surface area contributed by atoms with E-state index in [-0.39, 0.29) is 49.6 Å². The van der Waals surface area contributed by atoms with E-state index in [9.17, 15) is 5.48 Å². The van der Waals surface area contributed by atoms with Crippen molar-refractivity contribution in [3.63, 3.8) is 0 Å². The topological polar surface area (TPSA) is 36.9 Å². The molecule has 0 bridgehead atoms. The fourth-order valence-corrected chi connectivity index (χ4v) is 12.1. The van der Waals surface area contributed by atoms with Gasteiger partial charge >= 0.3 is 358 Å². The van der Waals surface area contributed by atoms with Gasteiger partial charge in [0, 0.05) is 6.20 Å². The molecule has 0 saturated carbocycles. The van der Waals surface area contributed by atoms with Crippen LogP contribution in [0, 0.1) is 16.1 Å². The maximum absolute atomic E-state index is 9.41. The molecule has 0 fully saturated rings. The quantitative estimate of drug-likeness (QED) is 0.159. The van der Waals surface area contributed by atoms with Crippen LogP contribution >= 0.6 is 0 Å². The summed E-state index contributed by atoms with van der Waals surface area (Å²) < 4.78 is 104. The average Bonchev–Trinajstić information content (AvgIpc) is 1.63. The Hall–Kier alpha value is -6.55. The van der Waals surface area contributed by atoms with Crippen molar-refractivity contribution in [3.8, 4) is 50.9 Å². The van der Waals surface area contributed by atoms with E-state index in [2.05, 4.69) is 140 Å². The van der Waals surface area contributed by atoms with E-state index in [0.29, 0.717) is 26.4 Å². The van der Waals surface area contributed by atoms with Crippen molar-refractivity contribution in [1.82, 2.24) is 18.7 Å². The first-order valence-corrected chi connectivity index (χ1v) is 25.8. The number of hydrogen-bond acceptors (Lipinski definition) is 2. The molecule has 3 aromatic heterocycles. The molecule has 6 heteroatoms. The third-order valence-corrected chi connectivity index (χ3v) is 17.2. The second kappa shape index (κ2) is 16.8. The second-order valence-corrected chi connectivity index (χ2v) is 24.1. The van der Waals surface area contributed by atoms with Gasteiger partial charge in [-0.2, -0.15) is 0 Å². The summed E-state index contributed by atoms with van der Waals surface area (Å²) in [6.07, 6.45) is 1.87. The van der Waals surface area contributed by atoms with Crippen molar-refractivity contribution in [2.75, 3.05) is 0 Å². The molecule has 11 rings (SSSR count). The summed E-state index contributed by atoms with van der Waals surface area (Å²) in [4.78, 5) is 5.01. The third-order valence-electron chi connectivity index (χ3n) is 16.1. The van der Waals surface area contributed by atoms with Crippen molar-refractivity contribution in [2.24, 2.45) is 5.41 Å². The molecule has 0 amide bonds. The van der Waals surface area contributed by atoms with Gasteiger partial charge in [-0.15, -0.1) is 0 Å². The molecule has 0 radical (unpaired) electrons. The summed E-state index contributed by atoms with van der Waals surface area (Å²) in [7, 11) is 0. The van der Waals surface area contributed by atoms with Crippen LogP contribution in [0.4, 0.5) is 0 Å². The van der Waals surface area contributed by atoms with Gasteiger partial charge in [0.2, 0.25) is 0 Å². The molecule has 0 aliphatic heterocycles. The summed E-state index contributed by atoms with van der Waals surface area (Å²) in [5.74, 6) is 2.00. The molecule has 7 aromatic carbocycles. The van der Waals surface area contributed by atoms with Gasteiger partial charge in [-0.25, -0.2) is 0 Å². The van der Waals surface area contributed by atoms with Crippen LogP contribution in [0.15, 0.2) is 164 Å². The number of imidazole rings is 1. The standard InChI is InChI=1S/C66H66N4O.Pt/c1-42-32-33-67-58(34-42)70-57-40-48(28-29-50(57)51-30-31-54-59(61(51)70)65(10,11)66(12,13)64(54,8)9)71-49-36-45(62(2,3)4)35-47(39-49)68-41-69(56-27-21-20-26-55(56)68)60-52(43-22-16-14-17-23-43)37-46(63(5,6)7)38-53(60)44-24-18-15-19-25-44;/h14-40H,1-13H3;/i14D,15D,16D,17D,18D,19D,22D,23D,24D,25D;. The average molecular weight is 1140 g/mol. The molecule has 10 aromatic rings. The Kier molecular flexibility index (Phi) is 8.66. The summed E-state index contributed by atoms with van der Waals surface area (Å²) in [6, 6.07) is 27.5. The van der Waals surface area contributed by atoms with Crippen molar-refractivity contribution in [2.45, 2.75) is 112 Å². The maximum atomic E-state index is 9.41. The molecule has 1 aliphatic rings. The van der Waals surface area contributed by atoms with Crippen molar-refractivity contribution >= 4 is 32.8 Å². The minimum atomic E-state index is -0.637. The normalized spacial score (nSPS) is 17.1. The number of aromatic nitrogens is 4. The number of benzene rings is 7. The SMILES string of the molecule is [2H]c1c([2H])c([2H])c(-c2cc(C(C)(C)C)cc(-c3c([2H])c([2H])c([2H])c([2H])c3[2H])c2-n2[c](=[Pt])n(-c3cc(Oc4ccc5c6ccc7c(c6n(-c6cc(C)ccn6)c5c4)C(C)(C)C(C)(C)C7(C)C)cc(C(C)(C)C)c3)c3ccccc32)c([2H])c1[2H]. The van der Waals surface area contributed by atoms with E-state index in [0.717, 1.165) is 50.0 Å². The molecule has 0 N–H and O–H groups in total. The summed E-state index contributed by atoms with van der Waals surface area (Å²) in [5, 5.41) is 2.22. The molecule has 366 valence electrons. The number of hydrogen-bond donors (Lipinski definition) is 0. The molecule has 0 saturated heterocycles. The first-order chi connectivity index (χ1) is 38.2. The molecule has 0 spiro atoms. The van der Waals surface area contributed by atoms with Crippen LogP contribution in [0.1, 0.15) is 125 Å². The minimum absolute atomic E-state index is 0.0830. The Morgan fingerprint density at radius 3 is 1.75 bits per heavy atom. The van der Waals surface area contributed by atoms with E-state index in [4.69, 9.17) is 17.9 Å². The van der Waals surface area contributed by atoms with Gasteiger partial charge in [-0.05, 0) is 40.4 Å². The molecule has 72 heavy (non-hydrogen) atoms. The Bertz CT molecular complexity index is 4330. The van der Waals surface area contributed by atoms with Gasteiger partial charge < -0.3 is 0 Å². The monoisotopic (exact) mass is 1140 g/mol. The molecular formula is C66H66N4OPt. The third kappa shape index (κ3) is 7.43. The fourth-order valence-electron chi connectivity index (χ4n) is 11.0. The van der Waals surface area contributed by atoms with Crippen LogP contribution in [0.2, 0.25) is 0 Å². The van der Waals surface area contributed by atoms with Crippen LogP contribution in [-0.2, 0) is 41.0 Å². The summed E-state index contributed by atoms with van der Waals surface area (Å²) >= 11 is 2.24. The molecule has 0 atom stereocenters. The zero-order chi connectivity index (χ0) is 59.6. The summed E-state index contributed by atoms with van der Waals surface area (Å²) in [6.45, 7) is 28.7. The van der Waals surface area contributed by atoms with Gasteiger partial charge in [0.25, 0.3) is 0 Å². The van der Waals surface area contributed by atoms with Crippen LogP contribution in [-0.4, -0.2) is 18.7 Å². The predicted octanol–water partition coefficient (Wildman–Crippen LogP) is 17.6. The molecule has 3 heterocycles. The van der Waals surface area contributed by atoms with Crippen LogP contribution in [0.25, 0.3) is 72.3 Å². The van der Waals surface area contributed by atoms with E-state index >= 15 is 0 Å². The fraction of sp³-hybridized carbons (Fsp3) is 0.273. The number of para-hydroxylation sites is 2. The Labute approximate surface area is 450 Å². The van der Waals surface area contributed by atoms with Gasteiger partial charge in [-0.1, -0.05) is 47.6 Å².